The van der Waals surface area contributed by atoms with Gasteiger partial charge in [-0.05, 0) is 87.4 Å². The molecule has 0 radical (unpaired) electrons. The number of hydrogen-bond acceptors (Lipinski definition) is 6. The molecule has 0 saturated carbocycles. The van der Waals surface area contributed by atoms with Gasteiger partial charge in [0.1, 0.15) is 17.1 Å². The predicted octanol–water partition coefficient (Wildman–Crippen LogP) is 5.91. The highest BCUT2D eigenvalue weighted by Crippen LogP contribution is 2.24. The number of methoxy groups -OCH3 is 1. The number of ether oxygens (including phenoxy) is 1. The van der Waals surface area contributed by atoms with E-state index in [2.05, 4.69) is 10.3 Å². The molecule has 204 valence electrons. The largest absolute Gasteiger partial charge is 0.497 e. The molecule has 39 heavy (non-hydrogen) atoms. The van der Waals surface area contributed by atoms with Crippen LogP contribution in [0.15, 0.2) is 65.1 Å². The summed E-state index contributed by atoms with van der Waals surface area (Å²) < 4.78 is 25.1. The number of fused-ring (bicyclic) bond motifs is 1. The van der Waals surface area contributed by atoms with E-state index >= 15 is 0 Å². The normalized spacial score (nSPS) is 10.9. The smallest absolute Gasteiger partial charge is 0.298 e. The van der Waals surface area contributed by atoms with Crippen LogP contribution in [0.25, 0.3) is 11.1 Å². The molecule has 4 rings (SSSR count). The van der Waals surface area contributed by atoms with Crippen LogP contribution in [0.5, 0.6) is 5.75 Å². The summed E-state index contributed by atoms with van der Waals surface area (Å²) in [6, 6.07) is 17.3. The van der Waals surface area contributed by atoms with Gasteiger partial charge in [-0.1, -0.05) is 6.07 Å². The molecular weight excluding hydrogens is 499 g/mol. The lowest BCUT2D eigenvalue weighted by Gasteiger charge is -2.24. The molecule has 0 fully saturated rings. The Kier molecular flexibility index (Phi) is 8.81. The van der Waals surface area contributed by atoms with Gasteiger partial charge in [0, 0.05) is 43.0 Å². The molecule has 0 aliphatic carbocycles. The van der Waals surface area contributed by atoms with Crippen LogP contribution in [0, 0.1) is 12.7 Å². The Bertz CT molecular complexity index is 1450. The van der Waals surface area contributed by atoms with E-state index in [0.717, 1.165) is 0 Å². The van der Waals surface area contributed by atoms with E-state index in [0.29, 0.717) is 77.8 Å². The minimum Gasteiger partial charge on any atom is -0.497 e. The van der Waals surface area contributed by atoms with Crippen molar-refractivity contribution in [3.63, 3.8) is 0 Å². The lowest BCUT2D eigenvalue weighted by molar-refractivity contribution is 0.0761. The average molecular weight is 533 g/mol. The van der Waals surface area contributed by atoms with Crippen molar-refractivity contribution in [2.75, 3.05) is 43.5 Å². The first-order chi connectivity index (χ1) is 18.8. The number of aromatic nitrogens is 1. The highest BCUT2D eigenvalue weighted by atomic mass is 19.1. The number of rotatable bonds is 11. The molecule has 0 bridgehead atoms. The first kappa shape index (κ1) is 27.6. The Morgan fingerprint density at radius 3 is 2.49 bits per heavy atom. The maximum atomic E-state index is 14.0. The lowest BCUT2D eigenvalue weighted by Crippen LogP contribution is -2.35. The number of anilines is 2. The van der Waals surface area contributed by atoms with E-state index in [4.69, 9.17) is 9.15 Å². The summed E-state index contributed by atoms with van der Waals surface area (Å²) in [6.07, 6.45) is 0.677. The van der Waals surface area contributed by atoms with E-state index in [1.54, 1.807) is 73.5 Å². The summed E-state index contributed by atoms with van der Waals surface area (Å²) in [7, 11) is 1.59. The van der Waals surface area contributed by atoms with Crippen LogP contribution < -0.4 is 15.0 Å². The molecular formula is C30H33FN4O4. The van der Waals surface area contributed by atoms with Crippen LogP contribution in [-0.4, -0.2) is 55.0 Å². The van der Waals surface area contributed by atoms with Crippen LogP contribution in [0.1, 0.15) is 46.5 Å². The molecule has 0 unspecified atom stereocenters. The summed E-state index contributed by atoms with van der Waals surface area (Å²) in [5.74, 6) is -0.108. The molecule has 0 aliphatic rings. The van der Waals surface area contributed by atoms with Crippen molar-refractivity contribution in [1.29, 1.82) is 0 Å². The molecule has 8 nitrogen and oxygen atoms in total. The van der Waals surface area contributed by atoms with Crippen molar-refractivity contribution in [2.45, 2.75) is 27.2 Å². The number of halogens is 1. The Balaban J connectivity index is 1.40. The molecule has 1 N–H and O–H groups in total. The van der Waals surface area contributed by atoms with Gasteiger partial charge in [-0.2, -0.15) is 4.98 Å². The van der Waals surface area contributed by atoms with Gasteiger partial charge in [0.05, 0.1) is 7.11 Å². The van der Waals surface area contributed by atoms with Gasteiger partial charge in [0.15, 0.2) is 5.58 Å². The van der Waals surface area contributed by atoms with Crippen molar-refractivity contribution >= 4 is 34.6 Å². The van der Waals surface area contributed by atoms with Gasteiger partial charge >= 0.3 is 0 Å². The zero-order chi connectivity index (χ0) is 27.9. The topological polar surface area (TPSA) is 87.9 Å². The van der Waals surface area contributed by atoms with E-state index in [-0.39, 0.29) is 17.6 Å². The van der Waals surface area contributed by atoms with Gasteiger partial charge in [-0.15, -0.1) is 0 Å². The summed E-state index contributed by atoms with van der Waals surface area (Å²) in [5, 5.41) is 2.87. The number of oxazole rings is 1. The quantitative estimate of drug-likeness (QED) is 0.258. The Hall–Kier alpha value is -4.40. The molecule has 2 amide bonds. The van der Waals surface area contributed by atoms with Crippen molar-refractivity contribution < 1.29 is 23.1 Å². The number of carbonyl (C=O) groups is 2. The molecule has 0 spiro atoms. The number of carbonyl (C=O) groups excluding carboxylic acids is 2. The van der Waals surface area contributed by atoms with E-state index in [1.165, 1.54) is 6.07 Å². The van der Waals surface area contributed by atoms with E-state index in [1.807, 2.05) is 18.7 Å². The fourth-order valence-electron chi connectivity index (χ4n) is 4.32. The fraction of sp³-hybridized carbons (Fsp3) is 0.300. The van der Waals surface area contributed by atoms with Crippen LogP contribution in [-0.2, 0) is 0 Å². The van der Waals surface area contributed by atoms with Crippen LogP contribution >= 0.6 is 0 Å². The second-order valence-corrected chi connectivity index (χ2v) is 9.09. The predicted molar refractivity (Wildman–Crippen MR) is 150 cm³/mol. The minimum atomic E-state index is -0.383. The first-order valence-corrected chi connectivity index (χ1v) is 13.0. The second kappa shape index (κ2) is 12.4. The summed E-state index contributed by atoms with van der Waals surface area (Å²) >= 11 is 0. The Morgan fingerprint density at radius 2 is 1.79 bits per heavy atom. The minimum absolute atomic E-state index is 0.181. The van der Waals surface area contributed by atoms with Crippen molar-refractivity contribution in [1.82, 2.24) is 9.88 Å². The van der Waals surface area contributed by atoms with Crippen molar-refractivity contribution in [2.24, 2.45) is 0 Å². The molecule has 4 aromatic rings. The zero-order valence-electron chi connectivity index (χ0n) is 22.7. The number of amides is 2. The monoisotopic (exact) mass is 532 g/mol. The number of benzene rings is 3. The zero-order valence-corrected chi connectivity index (χ0v) is 22.7. The molecule has 0 aliphatic heterocycles. The maximum Gasteiger partial charge on any atom is 0.298 e. The highest BCUT2D eigenvalue weighted by Gasteiger charge is 2.19. The fourth-order valence-corrected chi connectivity index (χ4v) is 4.32. The molecule has 1 aromatic heterocycles. The third-order valence-electron chi connectivity index (χ3n) is 6.66. The molecule has 9 heteroatoms. The van der Waals surface area contributed by atoms with Crippen LogP contribution in [0.3, 0.4) is 0 Å². The third kappa shape index (κ3) is 6.37. The molecule has 0 atom stereocenters. The molecule has 1 heterocycles. The van der Waals surface area contributed by atoms with Gasteiger partial charge in [0.2, 0.25) is 0 Å². The number of nitrogens with zero attached hydrogens (tertiary/aromatic N) is 3. The second-order valence-electron chi connectivity index (χ2n) is 9.09. The van der Waals surface area contributed by atoms with Crippen molar-refractivity contribution in [3.8, 4) is 5.75 Å². The van der Waals surface area contributed by atoms with E-state index in [9.17, 15) is 14.0 Å². The molecule has 0 saturated heterocycles. The summed E-state index contributed by atoms with van der Waals surface area (Å²) in [4.78, 5) is 34.1. The lowest BCUT2D eigenvalue weighted by atomic mass is 10.1. The van der Waals surface area contributed by atoms with Gasteiger partial charge in [-0.3, -0.25) is 9.59 Å². The van der Waals surface area contributed by atoms with E-state index < -0.39 is 0 Å². The Morgan fingerprint density at radius 1 is 1.03 bits per heavy atom. The highest BCUT2D eigenvalue weighted by molar-refractivity contribution is 6.05. The Labute approximate surface area is 227 Å². The first-order valence-electron chi connectivity index (χ1n) is 13.0. The maximum absolute atomic E-state index is 14.0. The van der Waals surface area contributed by atoms with Crippen LogP contribution in [0.2, 0.25) is 0 Å². The van der Waals surface area contributed by atoms with Gasteiger partial charge in [-0.25, -0.2) is 4.39 Å². The van der Waals surface area contributed by atoms with Gasteiger partial charge in [0.25, 0.3) is 17.8 Å². The van der Waals surface area contributed by atoms with Crippen molar-refractivity contribution in [3.05, 3.63) is 83.2 Å². The summed E-state index contributed by atoms with van der Waals surface area (Å²) in [5.41, 5.74) is 3.03. The van der Waals surface area contributed by atoms with Gasteiger partial charge < -0.3 is 24.3 Å². The average Bonchev–Trinajstić information content (AvgIpc) is 3.38. The van der Waals surface area contributed by atoms with Crippen LogP contribution in [0.4, 0.5) is 16.1 Å². The SMILES string of the molecule is CCN(CCCN(CC)c1nc2cc(C(=O)Nc3ccc(OC)cc3)ccc2o1)C(=O)c1cccc(F)c1C. The molecule has 3 aromatic carbocycles. The number of nitrogens with one attached hydrogen (secondary N) is 1. The number of hydrogen-bond donors (Lipinski definition) is 1. The standard InChI is InChI=1S/C30H33FN4O4/c1-5-34(29(37)24-9-7-10-25(31)20(24)3)17-8-18-35(6-2)30-33-26-19-21(11-16-27(26)39-30)28(36)32-22-12-14-23(38-4)15-13-22/h7,9-16,19H,5-6,8,17-18H2,1-4H3,(H,32,36). The summed E-state index contributed by atoms with van der Waals surface area (Å²) in [6.45, 7) is 7.83. The third-order valence-corrected chi connectivity index (χ3v) is 6.66.